The summed E-state index contributed by atoms with van der Waals surface area (Å²) in [5, 5.41) is 0. The number of halogens is 1. The van der Waals surface area contributed by atoms with Gasteiger partial charge in [-0.3, -0.25) is 9.69 Å². The second-order valence-electron chi connectivity index (χ2n) is 7.70. The lowest BCUT2D eigenvalue weighted by Crippen LogP contribution is -2.53. The zero-order chi connectivity index (χ0) is 21.7. The van der Waals surface area contributed by atoms with Crippen LogP contribution in [0.15, 0.2) is 59.5 Å². The van der Waals surface area contributed by atoms with Crippen LogP contribution in [0.1, 0.15) is 19.4 Å². The summed E-state index contributed by atoms with van der Waals surface area (Å²) in [7, 11) is -3.91. The number of hydrogen-bond donors (Lipinski definition) is 0. The molecule has 0 N–H and O–H groups in total. The Kier molecular flexibility index (Phi) is 7.23. The lowest BCUT2D eigenvalue weighted by Gasteiger charge is -2.36. The molecule has 30 heavy (non-hydrogen) atoms. The van der Waals surface area contributed by atoms with E-state index in [1.807, 2.05) is 30.3 Å². The van der Waals surface area contributed by atoms with Gasteiger partial charge >= 0.3 is 0 Å². The third kappa shape index (κ3) is 5.24. The molecule has 0 saturated carbocycles. The van der Waals surface area contributed by atoms with Crippen LogP contribution in [0, 0.1) is 5.82 Å². The Bertz CT molecular complexity index is 959. The van der Waals surface area contributed by atoms with Crippen LogP contribution in [0.3, 0.4) is 0 Å². The summed E-state index contributed by atoms with van der Waals surface area (Å²) >= 11 is 0. The zero-order valence-corrected chi connectivity index (χ0v) is 18.2. The molecule has 162 valence electrons. The third-order valence-electron chi connectivity index (χ3n) is 5.34. The minimum absolute atomic E-state index is 0.0254. The van der Waals surface area contributed by atoms with Crippen LogP contribution in [0.2, 0.25) is 0 Å². The molecule has 2 aromatic carbocycles. The fraction of sp³-hybridized carbons (Fsp3) is 0.409. The molecule has 1 amide bonds. The van der Waals surface area contributed by atoms with E-state index in [4.69, 9.17) is 0 Å². The Morgan fingerprint density at radius 2 is 1.60 bits per heavy atom. The summed E-state index contributed by atoms with van der Waals surface area (Å²) < 4.78 is 40.7. The van der Waals surface area contributed by atoms with Crippen LogP contribution < -0.4 is 0 Å². The van der Waals surface area contributed by atoms with Gasteiger partial charge in [-0.1, -0.05) is 42.5 Å². The number of benzene rings is 2. The molecule has 1 aliphatic heterocycles. The normalized spacial score (nSPS) is 15.7. The maximum Gasteiger partial charge on any atom is 0.246 e. The molecule has 1 heterocycles. The molecule has 0 unspecified atom stereocenters. The molecule has 3 rings (SSSR count). The molecule has 0 aromatic heterocycles. The molecule has 0 spiro atoms. The van der Waals surface area contributed by atoms with Gasteiger partial charge in [-0.15, -0.1) is 0 Å². The van der Waals surface area contributed by atoms with Gasteiger partial charge in [-0.2, -0.15) is 4.31 Å². The number of piperazine rings is 1. The van der Waals surface area contributed by atoms with E-state index < -0.39 is 15.8 Å². The molecule has 1 saturated heterocycles. The number of sulfonamides is 1. The third-order valence-corrected chi connectivity index (χ3v) is 7.27. The Balaban J connectivity index is 1.60. The highest BCUT2D eigenvalue weighted by molar-refractivity contribution is 7.89. The fourth-order valence-corrected chi connectivity index (χ4v) is 4.97. The fourth-order valence-electron chi connectivity index (χ4n) is 3.48. The number of hydrogen-bond acceptors (Lipinski definition) is 4. The maximum absolute atomic E-state index is 14.0. The van der Waals surface area contributed by atoms with Gasteiger partial charge in [0.05, 0.1) is 6.54 Å². The van der Waals surface area contributed by atoms with E-state index >= 15 is 0 Å². The van der Waals surface area contributed by atoms with E-state index in [1.165, 1.54) is 22.5 Å². The van der Waals surface area contributed by atoms with Gasteiger partial charge < -0.3 is 4.90 Å². The van der Waals surface area contributed by atoms with Crippen molar-refractivity contribution in [1.82, 2.24) is 14.1 Å². The van der Waals surface area contributed by atoms with Gasteiger partial charge in [0, 0.05) is 38.8 Å². The van der Waals surface area contributed by atoms with Crippen molar-refractivity contribution in [3.05, 3.63) is 66.0 Å². The van der Waals surface area contributed by atoms with Crippen LogP contribution >= 0.6 is 0 Å². The summed E-state index contributed by atoms with van der Waals surface area (Å²) in [5.74, 6) is -0.785. The molecule has 0 aliphatic carbocycles. The van der Waals surface area contributed by atoms with Crippen molar-refractivity contribution in [2.45, 2.75) is 31.3 Å². The van der Waals surface area contributed by atoms with E-state index in [0.29, 0.717) is 19.6 Å². The average molecular weight is 434 g/mol. The quantitative estimate of drug-likeness (QED) is 0.673. The highest BCUT2D eigenvalue weighted by Gasteiger charge is 2.32. The topological polar surface area (TPSA) is 60.9 Å². The molecule has 0 bridgehead atoms. The predicted octanol–water partition coefficient (Wildman–Crippen LogP) is 2.57. The molecule has 2 aromatic rings. The van der Waals surface area contributed by atoms with Crippen molar-refractivity contribution in [3.8, 4) is 0 Å². The highest BCUT2D eigenvalue weighted by Crippen LogP contribution is 2.20. The van der Waals surface area contributed by atoms with Crippen LogP contribution in [0.5, 0.6) is 0 Å². The van der Waals surface area contributed by atoms with Crippen molar-refractivity contribution in [3.63, 3.8) is 0 Å². The van der Waals surface area contributed by atoms with Crippen LogP contribution in [0.4, 0.5) is 4.39 Å². The Hall–Kier alpha value is -2.29. The summed E-state index contributed by atoms with van der Waals surface area (Å²) in [6.07, 6.45) is 0. The van der Waals surface area contributed by atoms with Crippen LogP contribution in [-0.2, 0) is 21.4 Å². The van der Waals surface area contributed by atoms with Crippen LogP contribution in [0.25, 0.3) is 0 Å². The summed E-state index contributed by atoms with van der Waals surface area (Å²) in [6, 6.07) is 15.5. The predicted molar refractivity (Wildman–Crippen MR) is 114 cm³/mol. The molecule has 0 atom stereocenters. The molecule has 0 radical (unpaired) electrons. The largest absolute Gasteiger partial charge is 0.339 e. The van der Waals surface area contributed by atoms with Crippen molar-refractivity contribution < 1.29 is 17.6 Å². The first kappa shape index (κ1) is 22.4. The smallest absolute Gasteiger partial charge is 0.246 e. The minimum Gasteiger partial charge on any atom is -0.339 e. The maximum atomic E-state index is 14.0. The lowest BCUT2D eigenvalue weighted by atomic mass is 10.2. The van der Waals surface area contributed by atoms with Gasteiger partial charge in [-0.25, -0.2) is 12.8 Å². The molecule has 1 fully saturated rings. The van der Waals surface area contributed by atoms with Gasteiger partial charge in [0.25, 0.3) is 0 Å². The van der Waals surface area contributed by atoms with E-state index in [0.717, 1.165) is 11.6 Å². The van der Waals surface area contributed by atoms with E-state index in [2.05, 4.69) is 18.7 Å². The average Bonchev–Trinajstić information content (AvgIpc) is 2.74. The molecule has 8 heteroatoms. The summed E-state index contributed by atoms with van der Waals surface area (Å²) in [4.78, 5) is 16.3. The SMILES string of the molecule is CC(C)N(CC(=O)N1CCN(S(=O)(=O)c2ccccc2F)CC1)Cc1ccccc1. The standard InChI is InChI=1S/C22H28FN3O3S/c1-18(2)25(16-19-8-4-3-5-9-19)17-22(27)24-12-14-26(15-13-24)30(28,29)21-11-7-6-10-20(21)23/h3-11,18H,12-17H2,1-2H3. The lowest BCUT2D eigenvalue weighted by molar-refractivity contribution is -0.134. The molecular weight excluding hydrogens is 405 g/mol. The first-order valence-corrected chi connectivity index (χ1v) is 11.5. The first-order chi connectivity index (χ1) is 14.3. The van der Waals surface area contributed by atoms with Crippen molar-refractivity contribution >= 4 is 15.9 Å². The van der Waals surface area contributed by atoms with Crippen molar-refractivity contribution in [2.24, 2.45) is 0 Å². The number of carbonyl (C=O) groups excluding carboxylic acids is 1. The Labute approximate surface area is 177 Å². The minimum atomic E-state index is -3.91. The summed E-state index contributed by atoms with van der Waals surface area (Å²) in [5.41, 5.74) is 1.14. The second-order valence-corrected chi connectivity index (χ2v) is 9.61. The van der Waals surface area contributed by atoms with Gasteiger partial charge in [0.1, 0.15) is 10.7 Å². The van der Waals surface area contributed by atoms with E-state index in [9.17, 15) is 17.6 Å². The van der Waals surface area contributed by atoms with Crippen molar-refractivity contribution in [2.75, 3.05) is 32.7 Å². The number of carbonyl (C=O) groups is 1. The zero-order valence-electron chi connectivity index (χ0n) is 17.4. The van der Waals surface area contributed by atoms with Crippen molar-refractivity contribution in [1.29, 1.82) is 0 Å². The first-order valence-electron chi connectivity index (χ1n) is 10.1. The van der Waals surface area contributed by atoms with Gasteiger partial charge in [0.15, 0.2) is 0 Å². The second kappa shape index (κ2) is 9.68. The number of nitrogens with zero attached hydrogens (tertiary/aromatic N) is 3. The molecule has 6 nitrogen and oxygen atoms in total. The number of rotatable bonds is 7. The van der Waals surface area contributed by atoms with E-state index in [1.54, 1.807) is 4.90 Å². The molecule has 1 aliphatic rings. The summed E-state index contributed by atoms with van der Waals surface area (Å²) in [6.45, 7) is 5.95. The highest BCUT2D eigenvalue weighted by atomic mass is 32.2. The Morgan fingerprint density at radius 1 is 1.00 bits per heavy atom. The van der Waals surface area contributed by atoms with Crippen LogP contribution in [-0.4, -0.2) is 67.2 Å². The van der Waals surface area contributed by atoms with Gasteiger partial charge in [0.2, 0.25) is 15.9 Å². The number of amides is 1. The van der Waals surface area contributed by atoms with E-state index in [-0.39, 0.29) is 36.5 Å². The van der Waals surface area contributed by atoms with Gasteiger partial charge in [-0.05, 0) is 31.5 Å². The monoisotopic (exact) mass is 433 g/mol. The molecular formula is C22H28FN3O3S. The Morgan fingerprint density at radius 3 is 2.20 bits per heavy atom.